The minimum atomic E-state index is -0.362. The molecule has 0 saturated heterocycles. The number of halogens is 1. The standard InChI is InChI=1S/C15H20ClN3O2/c1-19(2)14(21)11-8-10(4-5-12(11)16)18-13(20)9-15(17)6-3-7-15/h4-5,8H,3,6-7,9,17H2,1-2H3,(H,18,20). The highest BCUT2D eigenvalue weighted by atomic mass is 35.5. The van der Waals surface area contributed by atoms with Crippen molar-refractivity contribution in [2.45, 2.75) is 31.2 Å². The number of nitrogens with two attached hydrogens (primary N) is 1. The van der Waals surface area contributed by atoms with Gasteiger partial charge in [-0.25, -0.2) is 0 Å². The highest BCUT2D eigenvalue weighted by Gasteiger charge is 2.34. The van der Waals surface area contributed by atoms with E-state index in [-0.39, 0.29) is 17.4 Å². The molecule has 1 saturated carbocycles. The Hall–Kier alpha value is -1.59. The van der Waals surface area contributed by atoms with Gasteiger partial charge in [0.15, 0.2) is 0 Å². The molecule has 2 amide bonds. The summed E-state index contributed by atoms with van der Waals surface area (Å²) >= 11 is 6.03. The Morgan fingerprint density at radius 1 is 1.38 bits per heavy atom. The lowest BCUT2D eigenvalue weighted by Gasteiger charge is -2.37. The van der Waals surface area contributed by atoms with Crippen molar-refractivity contribution in [1.29, 1.82) is 0 Å². The first-order valence-corrected chi connectivity index (χ1v) is 7.28. The summed E-state index contributed by atoms with van der Waals surface area (Å²) in [5, 5.41) is 3.14. The van der Waals surface area contributed by atoms with Gasteiger partial charge in [0.25, 0.3) is 5.91 Å². The molecule has 0 unspecified atom stereocenters. The van der Waals surface area contributed by atoms with Crippen molar-refractivity contribution in [3.63, 3.8) is 0 Å². The molecule has 3 N–H and O–H groups in total. The summed E-state index contributed by atoms with van der Waals surface area (Å²) < 4.78 is 0. The lowest BCUT2D eigenvalue weighted by atomic mass is 9.75. The number of benzene rings is 1. The van der Waals surface area contributed by atoms with Crippen molar-refractivity contribution in [2.24, 2.45) is 5.73 Å². The average Bonchev–Trinajstić information content (AvgIpc) is 2.38. The zero-order valence-corrected chi connectivity index (χ0v) is 13.0. The molecule has 0 aromatic heterocycles. The zero-order chi connectivity index (χ0) is 15.6. The summed E-state index contributed by atoms with van der Waals surface area (Å²) in [6.07, 6.45) is 3.13. The number of carbonyl (C=O) groups is 2. The first kappa shape index (κ1) is 15.8. The Morgan fingerprint density at radius 2 is 2.05 bits per heavy atom. The molecule has 114 valence electrons. The van der Waals surface area contributed by atoms with Crippen LogP contribution in [0.4, 0.5) is 5.69 Å². The predicted octanol–water partition coefficient (Wildman–Crippen LogP) is 2.25. The summed E-state index contributed by atoms with van der Waals surface area (Å²) in [7, 11) is 3.30. The maximum Gasteiger partial charge on any atom is 0.254 e. The number of amides is 2. The topological polar surface area (TPSA) is 75.4 Å². The van der Waals surface area contributed by atoms with E-state index in [1.807, 2.05) is 0 Å². The van der Waals surface area contributed by atoms with E-state index in [0.717, 1.165) is 19.3 Å². The van der Waals surface area contributed by atoms with Gasteiger partial charge in [-0.1, -0.05) is 11.6 Å². The maximum absolute atomic E-state index is 12.0. The van der Waals surface area contributed by atoms with Crippen LogP contribution in [0.3, 0.4) is 0 Å². The van der Waals surface area contributed by atoms with Gasteiger partial charge in [-0.2, -0.15) is 0 Å². The Balaban J connectivity index is 2.08. The molecule has 1 fully saturated rings. The van der Waals surface area contributed by atoms with Crippen molar-refractivity contribution >= 4 is 29.1 Å². The van der Waals surface area contributed by atoms with E-state index in [4.69, 9.17) is 17.3 Å². The molecule has 0 radical (unpaired) electrons. The number of hydrogen-bond donors (Lipinski definition) is 2. The molecule has 0 atom stereocenters. The van der Waals surface area contributed by atoms with E-state index in [1.165, 1.54) is 4.90 Å². The molecule has 1 aliphatic rings. The summed E-state index contributed by atoms with van der Waals surface area (Å²) in [6.45, 7) is 0. The third kappa shape index (κ3) is 3.74. The van der Waals surface area contributed by atoms with Crippen LogP contribution in [0.5, 0.6) is 0 Å². The minimum Gasteiger partial charge on any atom is -0.345 e. The van der Waals surface area contributed by atoms with Crippen LogP contribution in [0.2, 0.25) is 5.02 Å². The molecule has 1 aromatic carbocycles. The molecular weight excluding hydrogens is 290 g/mol. The number of nitrogens with one attached hydrogen (secondary N) is 1. The fourth-order valence-corrected chi connectivity index (χ4v) is 2.54. The summed E-state index contributed by atoms with van der Waals surface area (Å²) in [6, 6.07) is 4.87. The Kier molecular flexibility index (Phi) is 4.54. The monoisotopic (exact) mass is 309 g/mol. The fourth-order valence-electron chi connectivity index (χ4n) is 2.34. The molecule has 0 spiro atoms. The first-order chi connectivity index (χ1) is 9.81. The van der Waals surface area contributed by atoms with Crippen LogP contribution in [0, 0.1) is 0 Å². The average molecular weight is 310 g/mol. The van der Waals surface area contributed by atoms with Gasteiger partial charge >= 0.3 is 0 Å². The molecule has 21 heavy (non-hydrogen) atoms. The number of hydrogen-bond acceptors (Lipinski definition) is 3. The molecule has 5 nitrogen and oxygen atoms in total. The quantitative estimate of drug-likeness (QED) is 0.895. The van der Waals surface area contributed by atoms with Gasteiger partial charge in [0, 0.05) is 31.7 Å². The second kappa shape index (κ2) is 6.03. The predicted molar refractivity (Wildman–Crippen MR) is 83.5 cm³/mol. The van der Waals surface area contributed by atoms with E-state index in [9.17, 15) is 9.59 Å². The molecule has 0 heterocycles. The fraction of sp³-hybridized carbons (Fsp3) is 0.467. The smallest absolute Gasteiger partial charge is 0.254 e. The van der Waals surface area contributed by atoms with Gasteiger partial charge in [-0.05, 0) is 37.5 Å². The van der Waals surface area contributed by atoms with Gasteiger partial charge < -0.3 is 16.0 Å². The van der Waals surface area contributed by atoms with Gasteiger partial charge in [0.1, 0.15) is 0 Å². The molecule has 2 rings (SSSR count). The molecule has 6 heteroatoms. The number of carbonyl (C=O) groups excluding carboxylic acids is 2. The van der Waals surface area contributed by atoms with E-state index in [1.54, 1.807) is 32.3 Å². The molecule has 0 aliphatic heterocycles. The SMILES string of the molecule is CN(C)C(=O)c1cc(NC(=O)CC2(N)CCC2)ccc1Cl. The van der Waals surface area contributed by atoms with Gasteiger partial charge in [0.05, 0.1) is 10.6 Å². The number of anilines is 1. The minimum absolute atomic E-state index is 0.136. The Bertz CT molecular complexity index is 568. The zero-order valence-electron chi connectivity index (χ0n) is 12.3. The summed E-state index contributed by atoms with van der Waals surface area (Å²) in [4.78, 5) is 25.4. The highest BCUT2D eigenvalue weighted by molar-refractivity contribution is 6.34. The van der Waals surface area contributed by atoms with Crippen LogP contribution in [0.15, 0.2) is 18.2 Å². The van der Waals surface area contributed by atoms with Crippen molar-refractivity contribution in [1.82, 2.24) is 4.90 Å². The van der Waals surface area contributed by atoms with Crippen LogP contribution >= 0.6 is 11.6 Å². The second-order valence-electron chi connectivity index (χ2n) is 5.84. The van der Waals surface area contributed by atoms with E-state index >= 15 is 0 Å². The lowest BCUT2D eigenvalue weighted by Crippen LogP contribution is -2.48. The van der Waals surface area contributed by atoms with E-state index in [2.05, 4.69) is 5.32 Å². The third-order valence-corrected chi connectivity index (χ3v) is 4.08. The van der Waals surface area contributed by atoms with Crippen LogP contribution in [0.1, 0.15) is 36.0 Å². The van der Waals surface area contributed by atoms with E-state index in [0.29, 0.717) is 22.7 Å². The summed E-state index contributed by atoms with van der Waals surface area (Å²) in [5.41, 5.74) is 6.61. The molecule has 1 aromatic rings. The Labute approximate surface area is 129 Å². The highest BCUT2D eigenvalue weighted by Crippen LogP contribution is 2.32. The van der Waals surface area contributed by atoms with Crippen LogP contribution < -0.4 is 11.1 Å². The number of rotatable bonds is 4. The van der Waals surface area contributed by atoms with Crippen LogP contribution in [-0.2, 0) is 4.79 Å². The molecular formula is C15H20ClN3O2. The van der Waals surface area contributed by atoms with Gasteiger partial charge in [-0.15, -0.1) is 0 Å². The van der Waals surface area contributed by atoms with Crippen LogP contribution in [0.25, 0.3) is 0 Å². The van der Waals surface area contributed by atoms with Crippen LogP contribution in [-0.4, -0.2) is 36.3 Å². The van der Waals surface area contributed by atoms with Gasteiger partial charge in [-0.3, -0.25) is 9.59 Å². The van der Waals surface area contributed by atoms with Crippen molar-refractivity contribution in [3.8, 4) is 0 Å². The number of nitrogens with zero attached hydrogens (tertiary/aromatic N) is 1. The first-order valence-electron chi connectivity index (χ1n) is 6.91. The maximum atomic E-state index is 12.0. The van der Waals surface area contributed by atoms with E-state index < -0.39 is 0 Å². The normalized spacial score (nSPS) is 16.0. The Morgan fingerprint density at radius 3 is 2.57 bits per heavy atom. The summed E-state index contributed by atoms with van der Waals surface area (Å²) in [5.74, 6) is -0.340. The van der Waals surface area contributed by atoms with Crippen molar-refractivity contribution in [2.75, 3.05) is 19.4 Å². The largest absolute Gasteiger partial charge is 0.345 e. The molecule has 0 bridgehead atoms. The molecule has 1 aliphatic carbocycles. The second-order valence-corrected chi connectivity index (χ2v) is 6.24. The van der Waals surface area contributed by atoms with Crippen molar-refractivity contribution < 1.29 is 9.59 Å². The third-order valence-electron chi connectivity index (χ3n) is 3.75. The van der Waals surface area contributed by atoms with Gasteiger partial charge in [0.2, 0.25) is 5.91 Å². The lowest BCUT2D eigenvalue weighted by molar-refractivity contribution is -0.118. The van der Waals surface area contributed by atoms with Crippen molar-refractivity contribution in [3.05, 3.63) is 28.8 Å².